The SMILES string of the molecule is Cc1ccc(C(C)NC(=O)CN2CCC(NC(=O)OC(C)(C)C)C2)cc1C. The van der Waals surface area contributed by atoms with E-state index >= 15 is 0 Å². The van der Waals surface area contributed by atoms with Gasteiger partial charge < -0.3 is 15.4 Å². The van der Waals surface area contributed by atoms with Gasteiger partial charge in [0.25, 0.3) is 0 Å². The molecule has 1 fully saturated rings. The van der Waals surface area contributed by atoms with Crippen molar-refractivity contribution in [3.05, 3.63) is 34.9 Å². The quantitative estimate of drug-likeness (QED) is 0.830. The first-order chi connectivity index (χ1) is 12.5. The van der Waals surface area contributed by atoms with E-state index in [0.717, 1.165) is 18.5 Å². The lowest BCUT2D eigenvalue weighted by atomic mass is 10.0. The molecule has 27 heavy (non-hydrogen) atoms. The first kappa shape index (κ1) is 21.2. The second-order valence-electron chi connectivity index (χ2n) is 8.50. The van der Waals surface area contributed by atoms with Crippen molar-refractivity contribution < 1.29 is 14.3 Å². The summed E-state index contributed by atoms with van der Waals surface area (Å²) in [7, 11) is 0. The summed E-state index contributed by atoms with van der Waals surface area (Å²) in [6, 6.07) is 6.25. The van der Waals surface area contributed by atoms with E-state index in [2.05, 4.69) is 47.6 Å². The number of nitrogens with one attached hydrogen (secondary N) is 2. The normalized spacial score (nSPS) is 18.8. The summed E-state index contributed by atoms with van der Waals surface area (Å²) in [5.41, 5.74) is 3.08. The number of amides is 2. The minimum Gasteiger partial charge on any atom is -0.444 e. The Labute approximate surface area is 162 Å². The molecule has 2 amide bonds. The van der Waals surface area contributed by atoms with Crippen LogP contribution in [0.1, 0.15) is 56.8 Å². The first-order valence-electron chi connectivity index (χ1n) is 9.62. The molecule has 1 saturated heterocycles. The van der Waals surface area contributed by atoms with Crippen LogP contribution in [-0.4, -0.2) is 48.2 Å². The number of hydrogen-bond donors (Lipinski definition) is 2. The second kappa shape index (κ2) is 8.74. The summed E-state index contributed by atoms with van der Waals surface area (Å²) in [5.74, 6) is -0.00125. The third-order valence-corrected chi connectivity index (χ3v) is 4.77. The molecule has 1 aromatic rings. The van der Waals surface area contributed by atoms with Crippen molar-refractivity contribution in [2.75, 3.05) is 19.6 Å². The van der Waals surface area contributed by atoms with Gasteiger partial charge in [0.15, 0.2) is 0 Å². The molecule has 2 unspecified atom stereocenters. The van der Waals surface area contributed by atoms with E-state index < -0.39 is 11.7 Å². The highest BCUT2D eigenvalue weighted by molar-refractivity contribution is 5.78. The highest BCUT2D eigenvalue weighted by Gasteiger charge is 2.27. The average Bonchev–Trinajstić information content (AvgIpc) is 2.94. The molecule has 1 aliphatic rings. The summed E-state index contributed by atoms with van der Waals surface area (Å²) in [6.45, 7) is 13.5. The zero-order valence-electron chi connectivity index (χ0n) is 17.4. The highest BCUT2D eigenvalue weighted by atomic mass is 16.6. The molecular weight excluding hydrogens is 342 g/mol. The van der Waals surface area contributed by atoms with Crippen LogP contribution in [0.3, 0.4) is 0 Å². The molecule has 1 aromatic carbocycles. The van der Waals surface area contributed by atoms with Crippen LogP contribution in [0.25, 0.3) is 0 Å². The number of aryl methyl sites for hydroxylation is 2. The topological polar surface area (TPSA) is 70.7 Å². The van der Waals surface area contributed by atoms with Crippen LogP contribution in [0.2, 0.25) is 0 Å². The van der Waals surface area contributed by atoms with E-state index in [4.69, 9.17) is 4.74 Å². The van der Waals surface area contributed by atoms with Gasteiger partial charge in [0.1, 0.15) is 5.60 Å². The van der Waals surface area contributed by atoms with Crippen LogP contribution in [0, 0.1) is 13.8 Å². The second-order valence-corrected chi connectivity index (χ2v) is 8.50. The highest BCUT2D eigenvalue weighted by Crippen LogP contribution is 2.17. The molecule has 150 valence electrons. The van der Waals surface area contributed by atoms with Gasteiger partial charge in [-0.2, -0.15) is 0 Å². The number of ether oxygens (including phenoxy) is 1. The Morgan fingerprint density at radius 1 is 1.26 bits per heavy atom. The summed E-state index contributed by atoms with van der Waals surface area (Å²) in [6.07, 6.45) is 0.418. The van der Waals surface area contributed by atoms with E-state index in [0.29, 0.717) is 13.1 Å². The largest absolute Gasteiger partial charge is 0.444 e. The van der Waals surface area contributed by atoms with Crippen molar-refractivity contribution >= 4 is 12.0 Å². The molecule has 2 rings (SSSR count). The first-order valence-corrected chi connectivity index (χ1v) is 9.62. The van der Waals surface area contributed by atoms with Crippen LogP contribution < -0.4 is 10.6 Å². The maximum atomic E-state index is 12.4. The minimum atomic E-state index is -0.507. The monoisotopic (exact) mass is 375 g/mol. The van der Waals surface area contributed by atoms with Gasteiger partial charge in [0, 0.05) is 19.1 Å². The fraction of sp³-hybridized carbons (Fsp3) is 0.619. The van der Waals surface area contributed by atoms with Gasteiger partial charge in [-0.25, -0.2) is 4.79 Å². The number of carbonyl (C=O) groups excluding carboxylic acids is 2. The third kappa shape index (κ3) is 6.86. The molecule has 1 heterocycles. The number of nitrogens with zero attached hydrogens (tertiary/aromatic N) is 1. The van der Waals surface area contributed by atoms with E-state index in [9.17, 15) is 9.59 Å². The van der Waals surface area contributed by atoms with E-state index in [1.54, 1.807) is 0 Å². The lowest BCUT2D eigenvalue weighted by Crippen LogP contribution is -2.42. The Morgan fingerprint density at radius 3 is 2.59 bits per heavy atom. The van der Waals surface area contributed by atoms with E-state index in [1.165, 1.54) is 11.1 Å². The Morgan fingerprint density at radius 2 is 1.96 bits per heavy atom. The molecule has 2 N–H and O–H groups in total. The number of hydrogen-bond acceptors (Lipinski definition) is 4. The summed E-state index contributed by atoms with van der Waals surface area (Å²) in [5, 5.41) is 5.95. The number of rotatable bonds is 5. The molecule has 0 bridgehead atoms. The standard InChI is InChI=1S/C21H33N3O3/c1-14-7-8-17(11-15(14)2)16(3)22-19(25)13-24-10-9-18(12-24)23-20(26)27-21(4,5)6/h7-8,11,16,18H,9-10,12-13H2,1-6H3,(H,22,25)(H,23,26). The fourth-order valence-electron chi connectivity index (χ4n) is 3.18. The minimum absolute atomic E-state index is 0.00125. The molecule has 0 spiro atoms. The molecule has 1 aliphatic heterocycles. The van der Waals surface area contributed by atoms with E-state index in [1.807, 2.05) is 27.7 Å². The Hall–Kier alpha value is -2.08. The summed E-state index contributed by atoms with van der Waals surface area (Å²) >= 11 is 0. The van der Waals surface area contributed by atoms with Crippen molar-refractivity contribution in [3.63, 3.8) is 0 Å². The fourth-order valence-corrected chi connectivity index (χ4v) is 3.18. The summed E-state index contributed by atoms with van der Waals surface area (Å²) in [4.78, 5) is 26.3. The number of benzene rings is 1. The van der Waals surface area contributed by atoms with Crippen LogP contribution in [-0.2, 0) is 9.53 Å². The third-order valence-electron chi connectivity index (χ3n) is 4.77. The smallest absolute Gasteiger partial charge is 0.407 e. The van der Waals surface area contributed by atoms with Crippen molar-refractivity contribution in [2.24, 2.45) is 0 Å². The van der Waals surface area contributed by atoms with Gasteiger partial charge >= 0.3 is 6.09 Å². The molecule has 0 aromatic heterocycles. The molecule has 6 heteroatoms. The van der Waals surface area contributed by atoms with Gasteiger partial charge in [-0.15, -0.1) is 0 Å². The lowest BCUT2D eigenvalue weighted by Gasteiger charge is -2.22. The number of likely N-dealkylation sites (tertiary alicyclic amines) is 1. The number of carbonyl (C=O) groups is 2. The summed E-state index contributed by atoms with van der Waals surface area (Å²) < 4.78 is 5.29. The zero-order valence-corrected chi connectivity index (χ0v) is 17.4. The molecule has 0 radical (unpaired) electrons. The molecule has 0 saturated carbocycles. The van der Waals surface area contributed by atoms with Crippen molar-refractivity contribution in [2.45, 2.75) is 65.6 Å². The molecule has 6 nitrogen and oxygen atoms in total. The van der Waals surface area contributed by atoms with Gasteiger partial charge in [0.2, 0.25) is 5.91 Å². The Kier molecular flexibility index (Phi) is 6.87. The molecule has 2 atom stereocenters. The van der Waals surface area contributed by atoms with E-state index in [-0.39, 0.29) is 18.0 Å². The molecular formula is C21H33N3O3. The van der Waals surface area contributed by atoms with Crippen LogP contribution in [0.15, 0.2) is 18.2 Å². The average molecular weight is 376 g/mol. The maximum Gasteiger partial charge on any atom is 0.407 e. The zero-order chi connectivity index (χ0) is 20.2. The predicted octanol–water partition coefficient (Wildman–Crippen LogP) is 3.08. The van der Waals surface area contributed by atoms with Crippen molar-refractivity contribution in [3.8, 4) is 0 Å². The maximum absolute atomic E-state index is 12.4. The van der Waals surface area contributed by atoms with Gasteiger partial charge in [-0.05, 0) is 64.7 Å². The Bertz CT molecular complexity index is 682. The van der Waals surface area contributed by atoms with Crippen molar-refractivity contribution in [1.29, 1.82) is 0 Å². The Balaban J connectivity index is 1.78. The lowest BCUT2D eigenvalue weighted by molar-refractivity contribution is -0.122. The number of alkyl carbamates (subject to hydrolysis) is 1. The van der Waals surface area contributed by atoms with Crippen LogP contribution in [0.4, 0.5) is 4.79 Å². The van der Waals surface area contributed by atoms with Gasteiger partial charge in [-0.3, -0.25) is 9.69 Å². The predicted molar refractivity (Wildman–Crippen MR) is 107 cm³/mol. The molecule has 0 aliphatic carbocycles. The van der Waals surface area contributed by atoms with Crippen molar-refractivity contribution in [1.82, 2.24) is 15.5 Å². The van der Waals surface area contributed by atoms with Crippen LogP contribution >= 0.6 is 0 Å². The van der Waals surface area contributed by atoms with Crippen LogP contribution in [0.5, 0.6) is 0 Å². The van der Waals surface area contributed by atoms with Gasteiger partial charge in [-0.1, -0.05) is 18.2 Å². The van der Waals surface area contributed by atoms with Gasteiger partial charge in [0.05, 0.1) is 12.6 Å².